The summed E-state index contributed by atoms with van der Waals surface area (Å²) in [4.78, 5) is 30.2. The Balaban J connectivity index is 1.47. The zero-order chi connectivity index (χ0) is 21.1. The van der Waals surface area contributed by atoms with Gasteiger partial charge >= 0.3 is 0 Å². The maximum absolute atomic E-state index is 12.5. The molecule has 0 atom stereocenters. The molecule has 1 saturated heterocycles. The van der Waals surface area contributed by atoms with Crippen molar-refractivity contribution in [1.29, 1.82) is 0 Å². The average molecular weight is 407 g/mol. The van der Waals surface area contributed by atoms with Crippen molar-refractivity contribution >= 4 is 23.2 Å². The van der Waals surface area contributed by atoms with E-state index in [0.717, 1.165) is 0 Å². The Morgan fingerprint density at radius 2 is 1.93 bits per heavy atom. The van der Waals surface area contributed by atoms with E-state index in [0.29, 0.717) is 54.6 Å². The van der Waals surface area contributed by atoms with E-state index in [4.69, 9.17) is 4.52 Å². The van der Waals surface area contributed by atoms with Gasteiger partial charge in [-0.3, -0.25) is 14.9 Å². The smallest absolute Gasteiger partial charge is 0.295 e. The van der Waals surface area contributed by atoms with Crippen molar-refractivity contribution < 1.29 is 14.2 Å². The molecule has 0 bridgehead atoms. The number of amides is 1. The Hall–Kier alpha value is -3.75. The normalized spacial score (nSPS) is 14.5. The molecular weight excluding hydrogens is 386 g/mol. The van der Waals surface area contributed by atoms with E-state index in [1.807, 2.05) is 18.2 Å². The molecule has 0 aliphatic carbocycles. The lowest BCUT2D eigenvalue weighted by atomic mass is 9.96. The minimum Gasteiger partial charge on any atom is -0.360 e. The first-order chi connectivity index (χ1) is 14.5. The van der Waals surface area contributed by atoms with Gasteiger partial charge in [-0.1, -0.05) is 35.5 Å². The number of pyridine rings is 1. The molecule has 3 aromatic rings. The summed E-state index contributed by atoms with van der Waals surface area (Å²) < 4.78 is 4.97. The second kappa shape index (κ2) is 8.32. The number of nitrogens with one attached hydrogen (secondary N) is 1. The molecule has 1 N–H and O–H groups in total. The SMILES string of the molecule is Cc1cc(NC(=O)C2CCN(c3ccc([N+](=O)[O-])c(-c4ccccc4)n3)CC2)no1. The lowest BCUT2D eigenvalue weighted by molar-refractivity contribution is -0.384. The number of aromatic nitrogens is 2. The van der Waals surface area contributed by atoms with Gasteiger partial charge in [0, 0.05) is 36.7 Å². The third-order valence-corrected chi connectivity index (χ3v) is 5.17. The van der Waals surface area contributed by atoms with Crippen LogP contribution in [0.2, 0.25) is 0 Å². The van der Waals surface area contributed by atoms with Gasteiger partial charge in [-0.2, -0.15) is 0 Å². The highest BCUT2D eigenvalue weighted by Gasteiger charge is 2.27. The van der Waals surface area contributed by atoms with Crippen LogP contribution in [-0.2, 0) is 4.79 Å². The fourth-order valence-electron chi connectivity index (χ4n) is 3.60. The third kappa shape index (κ3) is 4.14. The summed E-state index contributed by atoms with van der Waals surface area (Å²) >= 11 is 0. The average Bonchev–Trinajstić information content (AvgIpc) is 3.18. The Bertz CT molecular complexity index is 1060. The van der Waals surface area contributed by atoms with Gasteiger partial charge in [0.25, 0.3) is 5.69 Å². The predicted octanol–water partition coefficient (Wildman–Crippen LogP) is 3.81. The van der Waals surface area contributed by atoms with Crippen LogP contribution in [0.25, 0.3) is 11.3 Å². The fraction of sp³-hybridized carbons (Fsp3) is 0.286. The van der Waals surface area contributed by atoms with E-state index in [1.165, 1.54) is 6.07 Å². The number of nitro groups is 1. The molecule has 9 heteroatoms. The zero-order valence-electron chi connectivity index (χ0n) is 16.4. The predicted molar refractivity (Wildman–Crippen MR) is 111 cm³/mol. The quantitative estimate of drug-likeness (QED) is 0.505. The minimum absolute atomic E-state index is 0.0258. The maximum Gasteiger partial charge on any atom is 0.295 e. The van der Waals surface area contributed by atoms with E-state index >= 15 is 0 Å². The largest absolute Gasteiger partial charge is 0.360 e. The highest BCUT2D eigenvalue weighted by atomic mass is 16.6. The monoisotopic (exact) mass is 407 g/mol. The number of hydrogen-bond donors (Lipinski definition) is 1. The summed E-state index contributed by atoms with van der Waals surface area (Å²) in [7, 11) is 0. The summed E-state index contributed by atoms with van der Waals surface area (Å²) in [6, 6.07) is 14.0. The van der Waals surface area contributed by atoms with Crippen LogP contribution in [0.4, 0.5) is 17.3 Å². The van der Waals surface area contributed by atoms with Crippen LogP contribution in [0.5, 0.6) is 0 Å². The van der Waals surface area contributed by atoms with Gasteiger partial charge in [-0.05, 0) is 25.8 Å². The van der Waals surface area contributed by atoms with Crippen LogP contribution in [0, 0.1) is 23.0 Å². The summed E-state index contributed by atoms with van der Waals surface area (Å²) in [5.41, 5.74) is 1.02. The number of aryl methyl sites for hydroxylation is 1. The molecule has 9 nitrogen and oxygen atoms in total. The number of carbonyl (C=O) groups excluding carboxylic acids is 1. The van der Waals surface area contributed by atoms with Gasteiger partial charge < -0.3 is 14.7 Å². The number of piperidine rings is 1. The van der Waals surface area contributed by atoms with Crippen molar-refractivity contribution in [3.05, 3.63) is 64.4 Å². The van der Waals surface area contributed by atoms with Crippen LogP contribution in [-0.4, -0.2) is 34.1 Å². The van der Waals surface area contributed by atoms with E-state index < -0.39 is 4.92 Å². The Morgan fingerprint density at radius 1 is 1.20 bits per heavy atom. The van der Waals surface area contributed by atoms with Crippen LogP contribution in [0.3, 0.4) is 0 Å². The molecule has 1 aliphatic rings. The van der Waals surface area contributed by atoms with Crippen molar-refractivity contribution in [3.8, 4) is 11.3 Å². The Kier molecular flexibility index (Phi) is 5.42. The topological polar surface area (TPSA) is 114 Å². The van der Waals surface area contributed by atoms with Crippen LogP contribution in [0.1, 0.15) is 18.6 Å². The molecule has 2 aromatic heterocycles. The van der Waals surface area contributed by atoms with E-state index in [1.54, 1.807) is 31.2 Å². The van der Waals surface area contributed by atoms with Crippen LogP contribution in [0.15, 0.2) is 53.1 Å². The van der Waals surface area contributed by atoms with Crippen LogP contribution >= 0.6 is 0 Å². The second-order valence-corrected chi connectivity index (χ2v) is 7.23. The molecule has 0 saturated carbocycles. The van der Waals surface area contributed by atoms with Crippen LogP contribution < -0.4 is 10.2 Å². The van der Waals surface area contributed by atoms with Crippen molar-refractivity contribution in [2.24, 2.45) is 5.92 Å². The van der Waals surface area contributed by atoms with Crippen molar-refractivity contribution in [1.82, 2.24) is 10.1 Å². The number of nitrogens with zero attached hydrogens (tertiary/aromatic N) is 4. The lowest BCUT2D eigenvalue weighted by Crippen LogP contribution is -2.38. The van der Waals surface area contributed by atoms with Gasteiger partial charge in [0.2, 0.25) is 5.91 Å². The Labute approximate surface area is 172 Å². The summed E-state index contributed by atoms with van der Waals surface area (Å²) in [5, 5.41) is 18.0. The highest BCUT2D eigenvalue weighted by molar-refractivity contribution is 5.91. The van der Waals surface area contributed by atoms with Gasteiger partial charge in [0.15, 0.2) is 11.5 Å². The van der Waals surface area contributed by atoms with Crippen molar-refractivity contribution in [2.75, 3.05) is 23.3 Å². The second-order valence-electron chi connectivity index (χ2n) is 7.23. The van der Waals surface area contributed by atoms with Crippen molar-refractivity contribution in [2.45, 2.75) is 19.8 Å². The molecule has 4 rings (SSSR count). The molecule has 0 spiro atoms. The number of hydrogen-bond acceptors (Lipinski definition) is 7. The first kappa shape index (κ1) is 19.6. The zero-order valence-corrected chi connectivity index (χ0v) is 16.4. The standard InChI is InChI=1S/C21H21N5O4/c1-14-13-18(24-30-14)22-21(27)16-9-11-25(12-10-16)19-8-7-17(26(28)29)20(23-19)15-5-3-2-4-6-15/h2-8,13,16H,9-12H2,1H3,(H,22,24,27). The number of carbonyl (C=O) groups is 1. The fourth-order valence-corrected chi connectivity index (χ4v) is 3.60. The first-order valence-electron chi connectivity index (χ1n) is 9.71. The van der Waals surface area contributed by atoms with Gasteiger partial charge in [-0.15, -0.1) is 0 Å². The molecule has 1 aromatic carbocycles. The summed E-state index contributed by atoms with van der Waals surface area (Å²) in [6.45, 7) is 3.03. The molecule has 30 heavy (non-hydrogen) atoms. The molecule has 0 radical (unpaired) electrons. The van der Waals surface area contributed by atoms with Gasteiger partial charge in [-0.25, -0.2) is 4.98 Å². The molecule has 1 fully saturated rings. The lowest BCUT2D eigenvalue weighted by Gasteiger charge is -2.32. The van der Waals surface area contributed by atoms with E-state index in [-0.39, 0.29) is 17.5 Å². The summed E-state index contributed by atoms with van der Waals surface area (Å²) in [6.07, 6.45) is 1.31. The van der Waals surface area contributed by atoms with E-state index in [9.17, 15) is 14.9 Å². The molecule has 3 heterocycles. The molecule has 154 valence electrons. The number of rotatable bonds is 5. The van der Waals surface area contributed by atoms with Gasteiger partial charge in [0.05, 0.1) is 4.92 Å². The molecule has 0 unspecified atom stereocenters. The number of anilines is 2. The van der Waals surface area contributed by atoms with E-state index in [2.05, 4.69) is 20.4 Å². The Morgan fingerprint density at radius 3 is 2.57 bits per heavy atom. The van der Waals surface area contributed by atoms with Crippen molar-refractivity contribution in [3.63, 3.8) is 0 Å². The first-order valence-corrected chi connectivity index (χ1v) is 9.71. The molecule has 1 amide bonds. The third-order valence-electron chi connectivity index (χ3n) is 5.17. The number of benzene rings is 1. The summed E-state index contributed by atoms with van der Waals surface area (Å²) in [5.74, 6) is 1.52. The van der Waals surface area contributed by atoms with Gasteiger partial charge in [0.1, 0.15) is 11.6 Å². The minimum atomic E-state index is -0.415. The highest BCUT2D eigenvalue weighted by Crippen LogP contribution is 2.31. The maximum atomic E-state index is 12.5. The molecule has 1 aliphatic heterocycles. The molecular formula is C21H21N5O4.